The Morgan fingerprint density at radius 1 is 1.71 bits per heavy atom. The number of nitrogens with one attached hydrogen (secondary N) is 1. The molecule has 1 rings (SSSR count). The number of hydrogen-bond donors (Lipinski definition) is 1. The molecule has 1 aromatic rings. The van der Waals surface area contributed by atoms with Crippen molar-refractivity contribution in [2.75, 3.05) is 7.05 Å². The van der Waals surface area contributed by atoms with Crippen molar-refractivity contribution in [1.29, 1.82) is 5.26 Å². The minimum absolute atomic E-state index is 0.151. The average Bonchev–Trinajstić information content (AvgIpc) is 2.26. The average molecular weight is 189 g/mol. The SMILES string of the molecule is CNC(=O)CC(C#N)c1ccccn1. The Kier molecular flexibility index (Phi) is 3.62. The van der Waals surface area contributed by atoms with E-state index in [0.29, 0.717) is 5.69 Å². The lowest BCUT2D eigenvalue weighted by atomic mass is 10.0. The monoisotopic (exact) mass is 189 g/mol. The summed E-state index contributed by atoms with van der Waals surface area (Å²) < 4.78 is 0. The molecular weight excluding hydrogens is 178 g/mol. The summed E-state index contributed by atoms with van der Waals surface area (Å²) in [6.07, 6.45) is 1.77. The summed E-state index contributed by atoms with van der Waals surface area (Å²) in [5, 5.41) is 11.3. The van der Waals surface area contributed by atoms with Gasteiger partial charge in [-0.25, -0.2) is 0 Å². The number of carbonyl (C=O) groups excluding carboxylic acids is 1. The van der Waals surface area contributed by atoms with Crippen LogP contribution in [0.2, 0.25) is 0 Å². The van der Waals surface area contributed by atoms with Crippen LogP contribution in [0.3, 0.4) is 0 Å². The van der Waals surface area contributed by atoms with E-state index < -0.39 is 5.92 Å². The second-order valence-electron chi connectivity index (χ2n) is 2.81. The van der Waals surface area contributed by atoms with Gasteiger partial charge in [0, 0.05) is 19.7 Å². The van der Waals surface area contributed by atoms with Gasteiger partial charge in [-0.15, -0.1) is 0 Å². The van der Waals surface area contributed by atoms with Gasteiger partial charge in [-0.1, -0.05) is 6.07 Å². The van der Waals surface area contributed by atoms with Crippen molar-refractivity contribution in [3.63, 3.8) is 0 Å². The van der Waals surface area contributed by atoms with E-state index in [-0.39, 0.29) is 12.3 Å². The second kappa shape index (κ2) is 4.97. The first-order valence-electron chi connectivity index (χ1n) is 4.29. The maximum Gasteiger partial charge on any atom is 0.221 e. The highest BCUT2D eigenvalue weighted by molar-refractivity contribution is 5.76. The summed E-state index contributed by atoms with van der Waals surface area (Å²) in [7, 11) is 1.55. The number of hydrogen-bond acceptors (Lipinski definition) is 3. The van der Waals surface area contributed by atoms with Gasteiger partial charge >= 0.3 is 0 Å². The molecule has 0 bridgehead atoms. The second-order valence-corrected chi connectivity index (χ2v) is 2.81. The van der Waals surface area contributed by atoms with Gasteiger partial charge in [-0.2, -0.15) is 5.26 Å². The number of amides is 1. The van der Waals surface area contributed by atoms with Crippen LogP contribution in [0.25, 0.3) is 0 Å². The predicted octanol–water partition coefficient (Wildman–Crippen LogP) is 0.825. The highest BCUT2D eigenvalue weighted by Crippen LogP contribution is 2.15. The molecular formula is C10H11N3O. The highest BCUT2D eigenvalue weighted by atomic mass is 16.1. The van der Waals surface area contributed by atoms with Crippen molar-refractivity contribution in [3.05, 3.63) is 30.1 Å². The summed E-state index contributed by atoms with van der Waals surface area (Å²) in [6, 6.07) is 7.38. The van der Waals surface area contributed by atoms with Crippen LogP contribution in [-0.4, -0.2) is 17.9 Å². The summed E-state index contributed by atoms with van der Waals surface area (Å²) in [5.41, 5.74) is 0.638. The minimum Gasteiger partial charge on any atom is -0.359 e. The van der Waals surface area contributed by atoms with Crippen LogP contribution in [0, 0.1) is 11.3 Å². The fraction of sp³-hybridized carbons (Fsp3) is 0.300. The van der Waals surface area contributed by atoms with E-state index >= 15 is 0 Å². The molecule has 0 aromatic carbocycles. The van der Waals surface area contributed by atoms with Crippen LogP contribution in [0.1, 0.15) is 18.0 Å². The van der Waals surface area contributed by atoms with Crippen LogP contribution in [0.15, 0.2) is 24.4 Å². The molecule has 72 valence electrons. The van der Waals surface area contributed by atoms with Gasteiger partial charge in [0.1, 0.15) is 0 Å². The lowest BCUT2D eigenvalue weighted by Crippen LogP contribution is -2.20. The molecule has 1 N–H and O–H groups in total. The molecule has 0 saturated carbocycles. The van der Waals surface area contributed by atoms with Crippen LogP contribution in [-0.2, 0) is 4.79 Å². The molecule has 1 atom stereocenters. The van der Waals surface area contributed by atoms with Gasteiger partial charge in [0.2, 0.25) is 5.91 Å². The molecule has 1 aromatic heterocycles. The van der Waals surface area contributed by atoms with Gasteiger partial charge in [0.25, 0.3) is 0 Å². The molecule has 0 spiro atoms. The smallest absolute Gasteiger partial charge is 0.221 e. The summed E-state index contributed by atoms with van der Waals surface area (Å²) in [6.45, 7) is 0. The third-order valence-corrected chi connectivity index (χ3v) is 1.87. The van der Waals surface area contributed by atoms with Gasteiger partial charge in [0.05, 0.1) is 17.7 Å². The first-order chi connectivity index (χ1) is 6.77. The molecule has 4 nitrogen and oxygen atoms in total. The standard InChI is InChI=1S/C10H11N3O/c1-12-10(14)6-8(7-11)9-4-2-3-5-13-9/h2-5,8H,6H2,1H3,(H,12,14). The topological polar surface area (TPSA) is 65.8 Å². The van der Waals surface area contributed by atoms with Crippen molar-refractivity contribution in [2.24, 2.45) is 0 Å². The van der Waals surface area contributed by atoms with Crippen LogP contribution in [0.5, 0.6) is 0 Å². The Morgan fingerprint density at radius 3 is 3.00 bits per heavy atom. The molecule has 1 heterocycles. The lowest BCUT2D eigenvalue weighted by molar-refractivity contribution is -0.120. The molecule has 14 heavy (non-hydrogen) atoms. The fourth-order valence-corrected chi connectivity index (χ4v) is 1.09. The van der Waals surface area contributed by atoms with Crippen LogP contribution >= 0.6 is 0 Å². The number of carbonyl (C=O) groups is 1. The van der Waals surface area contributed by atoms with E-state index in [1.165, 1.54) is 0 Å². The van der Waals surface area contributed by atoms with Crippen molar-refractivity contribution < 1.29 is 4.79 Å². The molecule has 0 saturated heterocycles. The molecule has 0 aliphatic carbocycles. The Balaban J connectivity index is 2.74. The number of nitriles is 1. The maximum absolute atomic E-state index is 11.1. The predicted molar refractivity (Wildman–Crippen MR) is 51.3 cm³/mol. The van der Waals surface area contributed by atoms with Crippen LogP contribution < -0.4 is 5.32 Å². The summed E-state index contributed by atoms with van der Waals surface area (Å²) >= 11 is 0. The third-order valence-electron chi connectivity index (χ3n) is 1.87. The number of aromatic nitrogens is 1. The zero-order chi connectivity index (χ0) is 10.4. The fourth-order valence-electron chi connectivity index (χ4n) is 1.09. The van der Waals surface area contributed by atoms with Gasteiger partial charge < -0.3 is 5.32 Å². The van der Waals surface area contributed by atoms with E-state index in [2.05, 4.69) is 16.4 Å². The van der Waals surface area contributed by atoms with E-state index in [4.69, 9.17) is 5.26 Å². The molecule has 0 fully saturated rings. The number of pyridine rings is 1. The zero-order valence-electron chi connectivity index (χ0n) is 7.90. The summed E-state index contributed by atoms with van der Waals surface area (Å²) in [4.78, 5) is 15.1. The molecule has 0 radical (unpaired) electrons. The molecule has 0 aliphatic rings. The first-order valence-corrected chi connectivity index (χ1v) is 4.29. The van der Waals surface area contributed by atoms with E-state index in [9.17, 15) is 4.79 Å². The van der Waals surface area contributed by atoms with E-state index in [0.717, 1.165) is 0 Å². The van der Waals surface area contributed by atoms with E-state index in [1.807, 2.05) is 0 Å². The number of nitrogens with zero attached hydrogens (tertiary/aromatic N) is 2. The first kappa shape index (κ1) is 10.2. The number of rotatable bonds is 3. The lowest BCUT2D eigenvalue weighted by Gasteiger charge is -2.06. The molecule has 1 amide bonds. The zero-order valence-corrected chi connectivity index (χ0v) is 7.90. The maximum atomic E-state index is 11.1. The molecule has 1 unspecified atom stereocenters. The van der Waals surface area contributed by atoms with Crippen molar-refractivity contribution in [1.82, 2.24) is 10.3 Å². The van der Waals surface area contributed by atoms with Gasteiger partial charge in [0.15, 0.2) is 0 Å². The normalized spacial score (nSPS) is 11.4. The molecule has 0 aliphatic heterocycles. The van der Waals surface area contributed by atoms with E-state index in [1.54, 1.807) is 31.4 Å². The van der Waals surface area contributed by atoms with Crippen molar-refractivity contribution in [3.8, 4) is 6.07 Å². The van der Waals surface area contributed by atoms with Crippen LogP contribution in [0.4, 0.5) is 0 Å². The minimum atomic E-state index is -0.462. The largest absolute Gasteiger partial charge is 0.359 e. The van der Waals surface area contributed by atoms with Gasteiger partial charge in [-0.05, 0) is 12.1 Å². The quantitative estimate of drug-likeness (QED) is 0.765. The Hall–Kier alpha value is -1.89. The Labute approximate surface area is 82.6 Å². The van der Waals surface area contributed by atoms with Gasteiger partial charge in [-0.3, -0.25) is 9.78 Å². The Bertz CT molecular complexity index is 342. The Morgan fingerprint density at radius 2 is 2.50 bits per heavy atom. The van der Waals surface area contributed by atoms with Crippen molar-refractivity contribution in [2.45, 2.75) is 12.3 Å². The summed E-state index contributed by atoms with van der Waals surface area (Å²) in [5.74, 6) is -0.613. The third kappa shape index (κ3) is 2.56. The highest BCUT2D eigenvalue weighted by Gasteiger charge is 2.15. The van der Waals surface area contributed by atoms with Crippen molar-refractivity contribution >= 4 is 5.91 Å². The molecule has 4 heteroatoms.